The minimum Gasteiger partial charge on any atom is -0.381 e. The van der Waals surface area contributed by atoms with E-state index in [1.165, 1.54) is 11.1 Å². The van der Waals surface area contributed by atoms with Crippen LogP contribution in [0.15, 0.2) is 0 Å². The predicted octanol–water partition coefficient (Wildman–Crippen LogP) is 2.84. The zero-order valence-corrected chi connectivity index (χ0v) is 11.3. The van der Waals surface area contributed by atoms with E-state index in [0.29, 0.717) is 11.8 Å². The van der Waals surface area contributed by atoms with E-state index in [9.17, 15) is 0 Å². The lowest BCUT2D eigenvalue weighted by atomic mass is 9.92. The fraction of sp³-hybridized carbons (Fsp3) is 0.714. The average Bonchev–Trinajstić information content (AvgIpc) is 2.52. The van der Waals surface area contributed by atoms with Crippen LogP contribution in [0.5, 0.6) is 0 Å². The van der Waals surface area contributed by atoms with Gasteiger partial charge in [-0.1, -0.05) is 27.7 Å². The summed E-state index contributed by atoms with van der Waals surface area (Å²) in [7, 11) is 0. The molecule has 0 aliphatic carbocycles. The number of nitrogens with zero attached hydrogens (tertiary/aromatic N) is 2. The first-order chi connectivity index (χ1) is 8.11. The molecule has 3 nitrogen and oxygen atoms in total. The largest absolute Gasteiger partial charge is 0.381 e. The summed E-state index contributed by atoms with van der Waals surface area (Å²) in [5, 5.41) is 8.90. The Balaban J connectivity index is 2.54. The highest BCUT2D eigenvalue weighted by molar-refractivity contribution is 5.37. The summed E-state index contributed by atoms with van der Waals surface area (Å²) in [6, 6.07) is 0. The fourth-order valence-electron chi connectivity index (χ4n) is 2.47. The second kappa shape index (κ2) is 5.13. The van der Waals surface area contributed by atoms with Gasteiger partial charge in [0.2, 0.25) is 0 Å². The molecule has 1 aromatic rings. The zero-order valence-electron chi connectivity index (χ0n) is 11.3. The minimum atomic E-state index is 0.440. The van der Waals surface area contributed by atoms with Gasteiger partial charge in [-0.2, -0.15) is 10.2 Å². The Kier molecular flexibility index (Phi) is 3.77. The molecule has 0 aromatic carbocycles. The highest BCUT2D eigenvalue weighted by Gasteiger charge is 2.21. The third kappa shape index (κ3) is 2.49. The molecule has 0 atom stereocenters. The first-order valence-electron chi connectivity index (χ1n) is 6.57. The molecule has 0 spiro atoms. The van der Waals surface area contributed by atoms with Crippen molar-refractivity contribution >= 4 is 0 Å². The van der Waals surface area contributed by atoms with Crippen LogP contribution in [-0.4, -0.2) is 23.4 Å². The van der Waals surface area contributed by atoms with E-state index < -0.39 is 0 Å². The van der Waals surface area contributed by atoms with Crippen LogP contribution >= 0.6 is 0 Å². The van der Waals surface area contributed by atoms with Crippen LogP contribution < -0.4 is 0 Å². The molecule has 1 aliphatic heterocycles. The maximum Gasteiger partial charge on any atom is 0.0692 e. The minimum absolute atomic E-state index is 0.440. The first kappa shape index (κ1) is 12.5. The summed E-state index contributed by atoms with van der Waals surface area (Å²) in [6.45, 7) is 10.4. The summed E-state index contributed by atoms with van der Waals surface area (Å²) in [5.41, 5.74) is 5.12. The van der Waals surface area contributed by atoms with Crippen molar-refractivity contribution in [2.45, 2.75) is 52.4 Å². The van der Waals surface area contributed by atoms with Crippen LogP contribution in [0.25, 0.3) is 0 Å². The number of aromatic nitrogens is 2. The molecular formula is C14H22N2O. The Labute approximate surface area is 104 Å². The van der Waals surface area contributed by atoms with Crippen molar-refractivity contribution in [1.82, 2.24) is 10.2 Å². The van der Waals surface area contributed by atoms with E-state index in [1.807, 2.05) is 0 Å². The molecule has 1 aliphatic rings. The van der Waals surface area contributed by atoms with Crippen LogP contribution in [0, 0.1) is 0 Å². The highest BCUT2D eigenvalue weighted by atomic mass is 16.5. The molecule has 1 aromatic heterocycles. The van der Waals surface area contributed by atoms with Crippen molar-refractivity contribution in [1.29, 1.82) is 0 Å². The van der Waals surface area contributed by atoms with E-state index in [2.05, 4.69) is 37.9 Å². The molecule has 0 unspecified atom stereocenters. The van der Waals surface area contributed by atoms with Crippen molar-refractivity contribution in [3.8, 4) is 0 Å². The summed E-state index contributed by atoms with van der Waals surface area (Å²) in [4.78, 5) is 0. The molecule has 2 heterocycles. The number of ether oxygens (including phenoxy) is 1. The molecule has 0 bridgehead atoms. The molecule has 0 N–H and O–H groups in total. The van der Waals surface area contributed by atoms with Gasteiger partial charge in [0.25, 0.3) is 0 Å². The van der Waals surface area contributed by atoms with E-state index in [1.54, 1.807) is 0 Å². The van der Waals surface area contributed by atoms with Crippen LogP contribution in [0.4, 0.5) is 0 Å². The zero-order chi connectivity index (χ0) is 12.4. The lowest BCUT2D eigenvalue weighted by Crippen LogP contribution is -2.12. The highest BCUT2D eigenvalue weighted by Crippen LogP contribution is 2.28. The average molecular weight is 234 g/mol. The van der Waals surface area contributed by atoms with E-state index >= 15 is 0 Å². The SMILES string of the molecule is CC(C)c1nnc(C(C)C)c2c1CCOCC2. The Morgan fingerprint density at radius 2 is 1.24 bits per heavy atom. The Bertz CT molecular complexity index is 362. The quantitative estimate of drug-likeness (QED) is 0.789. The van der Waals surface area contributed by atoms with Gasteiger partial charge in [0, 0.05) is 0 Å². The van der Waals surface area contributed by atoms with Crippen LogP contribution in [0.1, 0.15) is 62.0 Å². The van der Waals surface area contributed by atoms with Gasteiger partial charge in [-0.15, -0.1) is 0 Å². The van der Waals surface area contributed by atoms with Gasteiger partial charge in [-0.3, -0.25) is 0 Å². The monoisotopic (exact) mass is 234 g/mol. The summed E-state index contributed by atoms with van der Waals surface area (Å²) >= 11 is 0. The van der Waals surface area contributed by atoms with Crippen molar-refractivity contribution in [2.75, 3.05) is 13.2 Å². The molecule has 0 saturated heterocycles. The van der Waals surface area contributed by atoms with E-state index in [0.717, 1.165) is 37.4 Å². The normalized spacial score (nSPS) is 16.1. The summed E-state index contributed by atoms with van der Waals surface area (Å²) < 4.78 is 5.59. The first-order valence-corrected chi connectivity index (χ1v) is 6.57. The number of rotatable bonds is 2. The lowest BCUT2D eigenvalue weighted by molar-refractivity contribution is 0.146. The maximum atomic E-state index is 5.59. The smallest absolute Gasteiger partial charge is 0.0692 e. The molecule has 0 fully saturated rings. The Morgan fingerprint density at radius 1 is 0.824 bits per heavy atom. The van der Waals surface area contributed by atoms with Gasteiger partial charge in [0.1, 0.15) is 0 Å². The standard InChI is InChI=1S/C14H22N2O/c1-9(2)13-11-5-7-17-8-6-12(11)14(10(3)4)16-15-13/h9-10H,5-8H2,1-4H3. The second-order valence-electron chi connectivity index (χ2n) is 5.35. The number of hydrogen-bond donors (Lipinski definition) is 0. The predicted molar refractivity (Wildman–Crippen MR) is 68.4 cm³/mol. The van der Waals surface area contributed by atoms with Gasteiger partial charge >= 0.3 is 0 Å². The summed E-state index contributed by atoms with van der Waals surface area (Å²) in [5.74, 6) is 0.881. The Morgan fingerprint density at radius 3 is 1.59 bits per heavy atom. The third-order valence-electron chi connectivity index (χ3n) is 3.33. The van der Waals surface area contributed by atoms with Gasteiger partial charge in [-0.25, -0.2) is 0 Å². The number of fused-ring (bicyclic) bond motifs is 1. The number of hydrogen-bond acceptors (Lipinski definition) is 3. The second-order valence-corrected chi connectivity index (χ2v) is 5.35. The molecule has 94 valence electrons. The van der Waals surface area contributed by atoms with Crippen molar-refractivity contribution in [3.05, 3.63) is 22.5 Å². The third-order valence-corrected chi connectivity index (χ3v) is 3.33. The van der Waals surface area contributed by atoms with E-state index in [-0.39, 0.29) is 0 Å². The molecule has 3 heteroatoms. The van der Waals surface area contributed by atoms with Gasteiger partial charge in [0.05, 0.1) is 24.6 Å². The maximum absolute atomic E-state index is 5.59. The van der Waals surface area contributed by atoms with Crippen molar-refractivity contribution < 1.29 is 4.74 Å². The van der Waals surface area contributed by atoms with Gasteiger partial charge in [-0.05, 0) is 35.8 Å². The molecule has 0 saturated carbocycles. The molecular weight excluding hydrogens is 212 g/mol. The topological polar surface area (TPSA) is 35.0 Å². The fourth-order valence-corrected chi connectivity index (χ4v) is 2.47. The van der Waals surface area contributed by atoms with Gasteiger partial charge < -0.3 is 4.74 Å². The lowest BCUT2D eigenvalue weighted by Gasteiger charge is -2.17. The van der Waals surface area contributed by atoms with Crippen LogP contribution in [0.2, 0.25) is 0 Å². The Hall–Kier alpha value is -0.960. The van der Waals surface area contributed by atoms with Crippen LogP contribution in [0.3, 0.4) is 0 Å². The van der Waals surface area contributed by atoms with E-state index in [4.69, 9.17) is 4.74 Å². The molecule has 2 rings (SSSR count). The molecule has 0 radical (unpaired) electrons. The summed E-state index contributed by atoms with van der Waals surface area (Å²) in [6.07, 6.45) is 1.97. The van der Waals surface area contributed by atoms with Crippen molar-refractivity contribution in [3.63, 3.8) is 0 Å². The van der Waals surface area contributed by atoms with Gasteiger partial charge in [0.15, 0.2) is 0 Å². The molecule has 0 amide bonds. The van der Waals surface area contributed by atoms with Crippen molar-refractivity contribution in [2.24, 2.45) is 0 Å². The van der Waals surface area contributed by atoms with Crippen LogP contribution in [-0.2, 0) is 17.6 Å². The molecule has 17 heavy (non-hydrogen) atoms.